The molecule has 1 fully saturated rings. The second kappa shape index (κ2) is 11.3. The van der Waals surface area contributed by atoms with E-state index in [2.05, 4.69) is 43.8 Å². The molecule has 0 bridgehead atoms. The van der Waals surface area contributed by atoms with Crippen LogP contribution >= 0.6 is 0 Å². The predicted octanol–water partition coefficient (Wildman–Crippen LogP) is 3.90. The summed E-state index contributed by atoms with van der Waals surface area (Å²) in [4.78, 5) is 24.4. The fourth-order valence-electron chi connectivity index (χ4n) is 4.84. The number of benzene rings is 2. The molecule has 0 radical (unpaired) electrons. The highest BCUT2D eigenvalue weighted by molar-refractivity contribution is 5.95. The molecule has 1 saturated heterocycles. The number of anilines is 1. The van der Waals surface area contributed by atoms with Gasteiger partial charge in [-0.05, 0) is 56.3 Å². The van der Waals surface area contributed by atoms with Crippen LogP contribution in [0.3, 0.4) is 0 Å². The predicted molar refractivity (Wildman–Crippen MR) is 147 cm³/mol. The molecule has 1 aliphatic rings. The van der Waals surface area contributed by atoms with Gasteiger partial charge in [0.25, 0.3) is 5.91 Å². The van der Waals surface area contributed by atoms with Crippen LogP contribution in [0.4, 0.5) is 5.69 Å². The number of amides is 1. The molecule has 0 spiro atoms. The van der Waals surface area contributed by atoms with Gasteiger partial charge >= 0.3 is 0 Å². The maximum absolute atomic E-state index is 13.2. The third kappa shape index (κ3) is 5.58. The average Bonchev–Trinajstić information content (AvgIpc) is 3.49. The summed E-state index contributed by atoms with van der Waals surface area (Å²) in [7, 11) is 3.64. The molecule has 1 aliphatic heterocycles. The van der Waals surface area contributed by atoms with Gasteiger partial charge in [0.15, 0.2) is 11.6 Å². The molecule has 2 aromatic heterocycles. The Bertz CT molecular complexity index is 1470. The average molecular weight is 523 g/mol. The van der Waals surface area contributed by atoms with E-state index in [9.17, 15) is 10.1 Å². The number of nitrogens with one attached hydrogen (secondary N) is 3. The second-order valence-corrected chi connectivity index (χ2v) is 9.61. The van der Waals surface area contributed by atoms with Crippen molar-refractivity contribution in [3.63, 3.8) is 0 Å². The number of nitriles is 1. The van der Waals surface area contributed by atoms with Crippen LogP contribution in [0.25, 0.3) is 11.4 Å². The van der Waals surface area contributed by atoms with E-state index in [1.165, 1.54) is 7.11 Å². The maximum Gasteiger partial charge on any atom is 0.252 e. The Morgan fingerprint density at radius 2 is 1.90 bits per heavy atom. The molecule has 3 N–H and O–H groups in total. The number of hydrogen-bond acceptors (Lipinski definition) is 8. The molecule has 3 heterocycles. The Morgan fingerprint density at radius 1 is 1.13 bits per heavy atom. The SMILES string of the molecule is COc1ccccc1C(C#N)NC(=O)c1cccc(NC2(c3nc(-c4ccncc4)n[nH]3)CCN(C)CC2)c1. The smallest absolute Gasteiger partial charge is 0.252 e. The molecular weight excluding hydrogens is 492 g/mol. The first-order valence-electron chi connectivity index (χ1n) is 12.7. The van der Waals surface area contributed by atoms with Crippen LogP contribution in [0.5, 0.6) is 5.75 Å². The fourth-order valence-corrected chi connectivity index (χ4v) is 4.84. The highest BCUT2D eigenvalue weighted by atomic mass is 16.5. The van der Waals surface area contributed by atoms with Gasteiger partial charge in [-0.15, -0.1) is 0 Å². The van der Waals surface area contributed by atoms with Gasteiger partial charge in [0.05, 0.1) is 18.7 Å². The van der Waals surface area contributed by atoms with Gasteiger partial charge in [-0.2, -0.15) is 10.4 Å². The van der Waals surface area contributed by atoms with Gasteiger partial charge in [0, 0.05) is 47.9 Å². The zero-order chi connectivity index (χ0) is 27.2. The summed E-state index contributed by atoms with van der Waals surface area (Å²) in [6.07, 6.45) is 5.04. The van der Waals surface area contributed by atoms with Crippen molar-refractivity contribution in [2.45, 2.75) is 24.4 Å². The maximum atomic E-state index is 13.2. The third-order valence-corrected chi connectivity index (χ3v) is 7.08. The molecule has 0 aliphatic carbocycles. The van der Waals surface area contributed by atoms with Crippen molar-refractivity contribution in [1.82, 2.24) is 30.4 Å². The van der Waals surface area contributed by atoms with E-state index in [1.54, 1.807) is 36.7 Å². The van der Waals surface area contributed by atoms with Crippen LogP contribution < -0.4 is 15.4 Å². The van der Waals surface area contributed by atoms with Gasteiger partial charge in [-0.3, -0.25) is 14.9 Å². The molecule has 2 aromatic carbocycles. The Labute approximate surface area is 227 Å². The summed E-state index contributed by atoms with van der Waals surface area (Å²) in [6.45, 7) is 1.75. The highest BCUT2D eigenvalue weighted by Crippen LogP contribution is 2.35. The van der Waals surface area contributed by atoms with Crippen LogP contribution in [-0.4, -0.2) is 58.2 Å². The van der Waals surface area contributed by atoms with Crippen molar-refractivity contribution < 1.29 is 9.53 Å². The lowest BCUT2D eigenvalue weighted by atomic mass is 9.86. The van der Waals surface area contributed by atoms with Crippen LogP contribution in [0, 0.1) is 11.3 Å². The van der Waals surface area contributed by atoms with Crippen LogP contribution in [0.15, 0.2) is 73.1 Å². The van der Waals surface area contributed by atoms with E-state index in [-0.39, 0.29) is 5.91 Å². The van der Waals surface area contributed by atoms with Gasteiger partial charge in [0.2, 0.25) is 0 Å². The van der Waals surface area contributed by atoms with Gasteiger partial charge in [-0.1, -0.05) is 24.3 Å². The lowest BCUT2D eigenvalue weighted by molar-refractivity contribution is 0.0945. The minimum Gasteiger partial charge on any atom is -0.496 e. The fraction of sp³-hybridized carbons (Fsp3) is 0.276. The number of para-hydroxylation sites is 1. The largest absolute Gasteiger partial charge is 0.496 e. The molecular formula is C29H30N8O2. The number of likely N-dealkylation sites (tertiary alicyclic amines) is 1. The summed E-state index contributed by atoms with van der Waals surface area (Å²) < 4.78 is 5.38. The molecule has 1 unspecified atom stereocenters. The summed E-state index contributed by atoms with van der Waals surface area (Å²) in [5.74, 6) is 1.55. The lowest BCUT2D eigenvalue weighted by Crippen LogP contribution is -2.46. The van der Waals surface area contributed by atoms with E-state index < -0.39 is 11.6 Å². The molecule has 39 heavy (non-hydrogen) atoms. The first kappa shape index (κ1) is 25.9. The number of rotatable bonds is 8. The van der Waals surface area contributed by atoms with E-state index in [0.29, 0.717) is 22.7 Å². The molecule has 10 nitrogen and oxygen atoms in total. The van der Waals surface area contributed by atoms with Crippen LogP contribution in [-0.2, 0) is 5.54 Å². The molecule has 4 aromatic rings. The number of piperidine rings is 1. The summed E-state index contributed by atoms with van der Waals surface area (Å²) in [5.41, 5.74) is 2.21. The normalized spacial score (nSPS) is 15.6. The van der Waals surface area contributed by atoms with Crippen molar-refractivity contribution in [3.05, 3.63) is 90.0 Å². The van der Waals surface area contributed by atoms with E-state index in [0.717, 1.165) is 43.0 Å². The first-order chi connectivity index (χ1) is 19.0. The van der Waals surface area contributed by atoms with Crippen molar-refractivity contribution in [3.8, 4) is 23.2 Å². The van der Waals surface area contributed by atoms with E-state index >= 15 is 0 Å². The van der Waals surface area contributed by atoms with Gasteiger partial charge < -0.3 is 20.3 Å². The van der Waals surface area contributed by atoms with Crippen LogP contribution in [0.2, 0.25) is 0 Å². The van der Waals surface area contributed by atoms with E-state index in [4.69, 9.17) is 9.72 Å². The van der Waals surface area contributed by atoms with Gasteiger partial charge in [0.1, 0.15) is 11.8 Å². The van der Waals surface area contributed by atoms with Crippen LogP contribution in [0.1, 0.15) is 40.6 Å². The minimum atomic E-state index is -0.855. The Hall–Kier alpha value is -4.75. The standard InChI is InChI=1S/C29H30N8O2/c1-37-16-12-29(13-17-37,28-33-26(35-36-28)20-10-14-31-15-11-20)34-22-7-5-6-21(18-22)27(38)32-24(19-30)23-8-3-4-9-25(23)39-2/h3-11,14-15,18,24,34H,12-13,16-17H2,1-2H3,(H,32,38)(H,33,35,36). The number of carbonyl (C=O) groups excluding carboxylic acids is 1. The number of aromatic nitrogens is 4. The minimum absolute atomic E-state index is 0.354. The molecule has 1 atom stereocenters. The summed E-state index contributed by atoms with van der Waals surface area (Å²) in [5, 5.41) is 23.9. The van der Waals surface area contributed by atoms with Crippen molar-refractivity contribution in [2.24, 2.45) is 0 Å². The Balaban J connectivity index is 1.39. The number of aromatic amines is 1. The van der Waals surface area contributed by atoms with Crippen molar-refractivity contribution in [1.29, 1.82) is 5.26 Å². The number of pyridine rings is 1. The number of ether oxygens (including phenoxy) is 1. The number of methoxy groups -OCH3 is 1. The first-order valence-corrected chi connectivity index (χ1v) is 12.7. The van der Waals surface area contributed by atoms with E-state index in [1.807, 2.05) is 36.4 Å². The molecule has 1 amide bonds. The number of nitrogens with zero attached hydrogens (tertiary/aromatic N) is 5. The topological polar surface area (TPSA) is 132 Å². The zero-order valence-electron chi connectivity index (χ0n) is 21.9. The quantitative estimate of drug-likeness (QED) is 0.317. The van der Waals surface area contributed by atoms with Crippen molar-refractivity contribution in [2.75, 3.05) is 32.6 Å². The summed E-state index contributed by atoms with van der Waals surface area (Å²) in [6, 6.07) is 19.5. The summed E-state index contributed by atoms with van der Waals surface area (Å²) >= 11 is 0. The number of H-pyrrole nitrogens is 1. The third-order valence-electron chi connectivity index (χ3n) is 7.08. The molecule has 5 rings (SSSR count). The Kier molecular flexibility index (Phi) is 7.52. The zero-order valence-corrected chi connectivity index (χ0v) is 21.9. The lowest BCUT2D eigenvalue weighted by Gasteiger charge is -2.40. The molecule has 10 heteroatoms. The molecule has 198 valence electrons. The number of carbonyl (C=O) groups is 1. The second-order valence-electron chi connectivity index (χ2n) is 9.61. The Morgan fingerprint density at radius 3 is 2.64 bits per heavy atom. The molecule has 0 saturated carbocycles. The van der Waals surface area contributed by atoms with Crippen molar-refractivity contribution >= 4 is 11.6 Å². The highest BCUT2D eigenvalue weighted by Gasteiger charge is 2.39. The van der Waals surface area contributed by atoms with Gasteiger partial charge in [-0.25, -0.2) is 4.98 Å². The number of hydrogen-bond donors (Lipinski definition) is 3. The monoisotopic (exact) mass is 522 g/mol.